The average Bonchev–Trinajstić information content (AvgIpc) is 3.15. The van der Waals surface area contributed by atoms with E-state index in [0.717, 1.165) is 0 Å². The zero-order valence-corrected chi connectivity index (χ0v) is 16.9. The molecule has 2 N–H and O–H groups in total. The van der Waals surface area contributed by atoms with E-state index in [0.29, 0.717) is 28.1 Å². The Hall–Kier alpha value is -3.58. The molecule has 10 heteroatoms. The molecule has 3 heterocycles. The molecule has 0 spiro atoms. The second kappa shape index (κ2) is 9.28. The lowest BCUT2D eigenvalue weighted by Gasteiger charge is -2.16. The van der Waals surface area contributed by atoms with Crippen LogP contribution in [0, 0.1) is 11.3 Å². The predicted octanol–water partition coefficient (Wildman–Crippen LogP) is 2.22. The van der Waals surface area contributed by atoms with Gasteiger partial charge < -0.3 is 15.4 Å². The quantitative estimate of drug-likeness (QED) is 0.583. The molecule has 3 rings (SSSR count). The number of carbonyl (C=O) groups excluding carboxylic acids is 1. The van der Waals surface area contributed by atoms with Crippen molar-refractivity contribution in [3.8, 4) is 11.9 Å². The summed E-state index contributed by atoms with van der Waals surface area (Å²) in [7, 11) is 1.40. The summed E-state index contributed by atoms with van der Waals surface area (Å²) in [6, 6.07) is 5.46. The Morgan fingerprint density at radius 3 is 2.80 bits per heavy atom. The molecule has 0 aliphatic carbocycles. The minimum Gasteiger partial charge on any atom is -0.382 e. The third-order valence-corrected chi connectivity index (χ3v) is 4.16. The summed E-state index contributed by atoms with van der Waals surface area (Å²) < 4.78 is 19.9. The maximum absolute atomic E-state index is 13.6. The first kappa shape index (κ1) is 21.1. The van der Waals surface area contributed by atoms with Crippen LogP contribution in [0.2, 0.25) is 0 Å². The number of alkyl halides is 1. The van der Waals surface area contributed by atoms with Crippen molar-refractivity contribution in [2.75, 3.05) is 25.6 Å². The van der Waals surface area contributed by atoms with Crippen LogP contribution in [0.3, 0.4) is 0 Å². The largest absolute Gasteiger partial charge is 0.382 e. The molecule has 9 nitrogen and oxygen atoms in total. The first-order chi connectivity index (χ1) is 14.4. The van der Waals surface area contributed by atoms with E-state index in [1.54, 1.807) is 18.3 Å². The van der Waals surface area contributed by atoms with Crippen molar-refractivity contribution >= 4 is 22.6 Å². The van der Waals surface area contributed by atoms with Crippen LogP contribution in [0.4, 0.5) is 10.1 Å². The smallest absolute Gasteiger partial charge is 0.255 e. The maximum Gasteiger partial charge on any atom is 0.255 e. The molecule has 0 radical (unpaired) electrons. The number of nitriles is 1. The number of hydrogen-bond donors (Lipinski definition) is 2. The lowest BCUT2D eigenvalue weighted by Crippen LogP contribution is -2.33. The third kappa shape index (κ3) is 4.69. The number of pyridine rings is 2. The van der Waals surface area contributed by atoms with Gasteiger partial charge in [0.1, 0.15) is 12.2 Å². The zero-order valence-electron chi connectivity index (χ0n) is 16.9. The van der Waals surface area contributed by atoms with Gasteiger partial charge in [0, 0.05) is 37.0 Å². The average molecular weight is 411 g/mol. The molecule has 0 aromatic carbocycles. The molecule has 1 atom stereocenters. The van der Waals surface area contributed by atoms with Crippen molar-refractivity contribution in [2.45, 2.75) is 26.1 Å². The predicted molar refractivity (Wildman–Crippen MR) is 109 cm³/mol. The van der Waals surface area contributed by atoms with E-state index >= 15 is 0 Å². The monoisotopic (exact) mass is 411 g/mol. The Morgan fingerprint density at radius 2 is 2.10 bits per heavy atom. The second-order valence-electron chi connectivity index (χ2n) is 6.95. The van der Waals surface area contributed by atoms with Gasteiger partial charge in [-0.15, -0.1) is 0 Å². The Bertz CT molecular complexity index is 1090. The van der Waals surface area contributed by atoms with E-state index in [1.165, 1.54) is 24.2 Å². The number of nitrogens with zero attached hydrogens (tertiary/aromatic N) is 5. The van der Waals surface area contributed by atoms with Crippen molar-refractivity contribution in [3.63, 3.8) is 0 Å². The second-order valence-corrected chi connectivity index (χ2v) is 6.95. The molecule has 156 valence electrons. The van der Waals surface area contributed by atoms with Gasteiger partial charge in [0.05, 0.1) is 36.2 Å². The van der Waals surface area contributed by atoms with Gasteiger partial charge in [-0.3, -0.25) is 4.79 Å². The first-order valence-electron chi connectivity index (χ1n) is 9.35. The van der Waals surface area contributed by atoms with E-state index < -0.39 is 12.1 Å². The molecular weight excluding hydrogens is 389 g/mol. The number of rotatable bonds is 8. The number of fused-ring (bicyclic) bond motifs is 1. The first-order valence-corrected chi connectivity index (χ1v) is 9.35. The van der Waals surface area contributed by atoms with Gasteiger partial charge in [0.15, 0.2) is 11.5 Å². The molecule has 0 saturated heterocycles. The van der Waals surface area contributed by atoms with Crippen molar-refractivity contribution in [3.05, 3.63) is 41.9 Å². The number of ether oxygens (including phenoxy) is 1. The molecule has 0 saturated carbocycles. The van der Waals surface area contributed by atoms with E-state index in [1.807, 2.05) is 19.9 Å². The number of hydrogen-bond acceptors (Lipinski definition) is 7. The summed E-state index contributed by atoms with van der Waals surface area (Å²) in [6.45, 7) is 3.62. The van der Waals surface area contributed by atoms with Gasteiger partial charge in [-0.1, -0.05) is 0 Å². The van der Waals surface area contributed by atoms with Gasteiger partial charge in [0.2, 0.25) is 0 Å². The number of aromatic nitrogens is 4. The fraction of sp³-hybridized carbons (Fsp3) is 0.350. The van der Waals surface area contributed by atoms with E-state index in [9.17, 15) is 9.18 Å². The fourth-order valence-electron chi connectivity index (χ4n) is 2.86. The van der Waals surface area contributed by atoms with Crippen LogP contribution >= 0.6 is 0 Å². The Balaban J connectivity index is 1.93. The third-order valence-electron chi connectivity index (χ3n) is 4.16. The van der Waals surface area contributed by atoms with Gasteiger partial charge in [-0.05, 0) is 19.9 Å². The van der Waals surface area contributed by atoms with Crippen LogP contribution < -0.4 is 10.6 Å². The van der Waals surface area contributed by atoms with Crippen molar-refractivity contribution in [1.29, 1.82) is 5.26 Å². The number of methoxy groups -OCH3 is 1. The van der Waals surface area contributed by atoms with E-state index in [4.69, 9.17) is 10.00 Å². The van der Waals surface area contributed by atoms with E-state index in [-0.39, 0.29) is 24.8 Å². The highest BCUT2D eigenvalue weighted by Gasteiger charge is 2.17. The van der Waals surface area contributed by atoms with E-state index in [2.05, 4.69) is 25.7 Å². The highest BCUT2D eigenvalue weighted by molar-refractivity contribution is 5.99. The number of halogens is 1. The zero-order chi connectivity index (χ0) is 21.7. The Labute approximate surface area is 172 Å². The number of nitrogens with one attached hydrogen (secondary N) is 2. The minimum atomic E-state index is -1.30. The number of anilines is 1. The van der Waals surface area contributed by atoms with Crippen molar-refractivity contribution in [2.24, 2.45) is 0 Å². The molecule has 0 fully saturated rings. The molecule has 0 aliphatic rings. The van der Waals surface area contributed by atoms with Crippen LogP contribution in [0.25, 0.3) is 16.9 Å². The number of carbonyl (C=O) groups is 1. The lowest BCUT2D eigenvalue weighted by molar-refractivity contribution is 0.0902. The molecule has 3 aromatic rings. The van der Waals surface area contributed by atoms with Crippen molar-refractivity contribution in [1.82, 2.24) is 25.1 Å². The van der Waals surface area contributed by atoms with Gasteiger partial charge >= 0.3 is 0 Å². The normalized spacial score (nSPS) is 12.0. The molecule has 1 amide bonds. The molecule has 3 aromatic heterocycles. The van der Waals surface area contributed by atoms with Gasteiger partial charge in [0.25, 0.3) is 5.91 Å². The fourth-order valence-corrected chi connectivity index (χ4v) is 2.86. The lowest BCUT2D eigenvalue weighted by atomic mass is 10.2. The molecule has 0 bridgehead atoms. The highest BCUT2D eigenvalue weighted by atomic mass is 19.1. The summed E-state index contributed by atoms with van der Waals surface area (Å²) in [5.74, 6) is 0.00252. The van der Waals surface area contributed by atoms with Gasteiger partial charge in [-0.2, -0.15) is 15.0 Å². The minimum absolute atomic E-state index is 0.0416. The van der Waals surface area contributed by atoms with Crippen LogP contribution in [-0.4, -0.2) is 58.1 Å². The van der Waals surface area contributed by atoms with Crippen LogP contribution in [0.15, 0.2) is 30.7 Å². The van der Waals surface area contributed by atoms with Crippen LogP contribution in [0.1, 0.15) is 29.8 Å². The Morgan fingerprint density at radius 1 is 1.30 bits per heavy atom. The standard InChI is InChI=1S/C20H22FN7O2/c1-12(2)27-17-5-18(23-10-16(17)20(29)25-9-15(21)11-30-3)28-19-14(8-26-28)4-13(6-22)7-24-19/h4-5,7-8,10,12,15H,9,11H2,1-3H3,(H,23,27)(H,25,29)/t15-/m1/s1. The van der Waals surface area contributed by atoms with Crippen LogP contribution in [0.5, 0.6) is 0 Å². The number of amides is 1. The topological polar surface area (TPSA) is 118 Å². The summed E-state index contributed by atoms with van der Waals surface area (Å²) >= 11 is 0. The van der Waals surface area contributed by atoms with Crippen molar-refractivity contribution < 1.29 is 13.9 Å². The summed E-state index contributed by atoms with van der Waals surface area (Å²) in [5, 5.41) is 19.8. The van der Waals surface area contributed by atoms with Gasteiger partial charge in [-0.25, -0.2) is 14.4 Å². The molecular formula is C20H22FN7O2. The maximum atomic E-state index is 13.6. The molecule has 0 aliphatic heterocycles. The molecule has 30 heavy (non-hydrogen) atoms. The molecule has 0 unspecified atom stereocenters. The SMILES string of the molecule is COC[C@H](F)CNC(=O)c1cnc(-n2ncc3cc(C#N)cnc32)cc1NC(C)C. The van der Waals surface area contributed by atoms with Crippen LogP contribution in [-0.2, 0) is 4.74 Å². The highest BCUT2D eigenvalue weighted by Crippen LogP contribution is 2.22. The Kier molecular flexibility index (Phi) is 6.54. The summed E-state index contributed by atoms with van der Waals surface area (Å²) in [4.78, 5) is 21.2. The summed E-state index contributed by atoms with van der Waals surface area (Å²) in [5.41, 5.74) is 1.79. The summed E-state index contributed by atoms with van der Waals surface area (Å²) in [6.07, 6.45) is 3.17.